The molecular weight excluding hydrogens is 208 g/mol. The number of hydrogen-bond donors (Lipinski definition) is 0. The summed E-state index contributed by atoms with van der Waals surface area (Å²) in [6.45, 7) is 4.05. The van der Waals surface area contributed by atoms with E-state index in [4.69, 9.17) is 0 Å². The monoisotopic (exact) mass is 220 g/mol. The average Bonchev–Trinajstić information content (AvgIpc) is 2.82. The molecule has 0 bridgehead atoms. The summed E-state index contributed by atoms with van der Waals surface area (Å²) in [5.41, 5.74) is 1.01. The number of aryl methyl sites for hydroxylation is 2. The first kappa shape index (κ1) is 10.1. The number of carbonyl (C=O) groups is 1. The Morgan fingerprint density at radius 1 is 1.53 bits per heavy atom. The van der Waals surface area contributed by atoms with Crippen LogP contribution in [0.3, 0.4) is 0 Å². The minimum atomic E-state index is 0.749. The smallest absolute Gasteiger partial charge is 0.160 e. The fraction of sp³-hybridized carbons (Fsp3) is 0.273. The van der Waals surface area contributed by atoms with Gasteiger partial charge in [-0.3, -0.25) is 9.36 Å². The number of aldehydes is 1. The zero-order valence-electron chi connectivity index (χ0n) is 8.73. The van der Waals surface area contributed by atoms with Crippen molar-refractivity contribution in [3.8, 4) is 5.00 Å². The number of rotatable bonds is 3. The van der Waals surface area contributed by atoms with E-state index in [9.17, 15) is 4.79 Å². The van der Waals surface area contributed by atoms with E-state index >= 15 is 0 Å². The number of aromatic nitrogens is 2. The third kappa shape index (κ3) is 1.85. The van der Waals surface area contributed by atoms with Gasteiger partial charge in [0.1, 0.15) is 10.8 Å². The largest absolute Gasteiger partial charge is 0.297 e. The van der Waals surface area contributed by atoms with Crippen LogP contribution in [0.4, 0.5) is 0 Å². The molecule has 0 aliphatic carbocycles. The molecule has 2 rings (SSSR count). The van der Waals surface area contributed by atoms with Crippen molar-refractivity contribution >= 4 is 17.6 Å². The van der Waals surface area contributed by atoms with Gasteiger partial charge in [0.15, 0.2) is 6.29 Å². The number of imidazole rings is 1. The predicted molar refractivity (Wildman–Crippen MR) is 60.9 cm³/mol. The van der Waals surface area contributed by atoms with Crippen molar-refractivity contribution in [1.29, 1.82) is 0 Å². The molecule has 0 N–H and O–H groups in total. The van der Waals surface area contributed by atoms with Crippen LogP contribution in [0, 0.1) is 6.92 Å². The normalized spacial score (nSPS) is 10.5. The van der Waals surface area contributed by atoms with Crippen LogP contribution < -0.4 is 0 Å². The molecule has 0 amide bonds. The van der Waals surface area contributed by atoms with Gasteiger partial charge in [0.05, 0.1) is 10.6 Å². The fourth-order valence-electron chi connectivity index (χ4n) is 1.52. The van der Waals surface area contributed by atoms with Crippen LogP contribution in [-0.2, 0) is 6.42 Å². The molecule has 2 aromatic heterocycles. The second-order valence-electron chi connectivity index (χ2n) is 3.32. The maximum absolute atomic E-state index is 10.6. The third-order valence-corrected chi connectivity index (χ3v) is 3.19. The summed E-state index contributed by atoms with van der Waals surface area (Å²) in [6.07, 6.45) is 3.77. The lowest BCUT2D eigenvalue weighted by molar-refractivity contribution is 0.112. The number of nitrogens with zero attached hydrogens (tertiary/aromatic N) is 2. The van der Waals surface area contributed by atoms with E-state index in [2.05, 4.69) is 11.9 Å². The van der Waals surface area contributed by atoms with Crippen molar-refractivity contribution in [2.75, 3.05) is 0 Å². The molecule has 0 spiro atoms. The second-order valence-corrected chi connectivity index (χ2v) is 4.41. The van der Waals surface area contributed by atoms with Gasteiger partial charge >= 0.3 is 0 Å². The molecule has 0 radical (unpaired) electrons. The highest BCUT2D eigenvalue weighted by Gasteiger charge is 2.07. The maximum Gasteiger partial charge on any atom is 0.160 e. The Morgan fingerprint density at radius 3 is 2.93 bits per heavy atom. The van der Waals surface area contributed by atoms with Gasteiger partial charge in [-0.2, -0.15) is 0 Å². The summed E-state index contributed by atoms with van der Waals surface area (Å²) in [6, 6.07) is 3.79. The van der Waals surface area contributed by atoms with E-state index < -0.39 is 0 Å². The Morgan fingerprint density at radius 2 is 2.33 bits per heavy atom. The van der Waals surface area contributed by atoms with E-state index in [0.29, 0.717) is 0 Å². The van der Waals surface area contributed by atoms with Crippen molar-refractivity contribution in [3.63, 3.8) is 0 Å². The number of hydrogen-bond acceptors (Lipinski definition) is 3. The van der Waals surface area contributed by atoms with Gasteiger partial charge in [-0.1, -0.05) is 6.92 Å². The van der Waals surface area contributed by atoms with Crippen LogP contribution in [0.15, 0.2) is 18.3 Å². The topological polar surface area (TPSA) is 34.9 Å². The highest BCUT2D eigenvalue weighted by Crippen LogP contribution is 2.21. The molecule has 0 aromatic carbocycles. The molecule has 4 heteroatoms. The Balaban J connectivity index is 2.47. The molecule has 78 valence electrons. The molecule has 2 heterocycles. The molecule has 0 atom stereocenters. The van der Waals surface area contributed by atoms with Gasteiger partial charge in [0.2, 0.25) is 0 Å². The van der Waals surface area contributed by atoms with Crippen molar-refractivity contribution in [3.05, 3.63) is 34.7 Å². The van der Waals surface area contributed by atoms with Gasteiger partial charge in [-0.25, -0.2) is 4.98 Å². The fourth-order valence-corrected chi connectivity index (χ4v) is 2.34. The standard InChI is InChI=1S/C11H12N2OS/c1-3-10-12-8(2)6-13(10)11-5-4-9(7-14)15-11/h4-7H,3H2,1-2H3. The number of carbonyl (C=O) groups excluding carboxylic acids is 1. The lowest BCUT2D eigenvalue weighted by atomic mass is 10.4. The second kappa shape index (κ2) is 3.98. The van der Waals surface area contributed by atoms with Crippen LogP contribution in [0.5, 0.6) is 0 Å². The minimum Gasteiger partial charge on any atom is -0.297 e. The summed E-state index contributed by atoms with van der Waals surface area (Å²) in [7, 11) is 0. The van der Waals surface area contributed by atoms with Gasteiger partial charge in [0.25, 0.3) is 0 Å². The summed E-state index contributed by atoms with van der Waals surface area (Å²) < 4.78 is 2.05. The molecule has 0 aliphatic heterocycles. The molecule has 0 fully saturated rings. The Kier molecular flexibility index (Phi) is 2.68. The molecular formula is C11H12N2OS. The van der Waals surface area contributed by atoms with Crippen LogP contribution in [0.25, 0.3) is 5.00 Å². The Bertz CT molecular complexity index is 484. The van der Waals surface area contributed by atoms with E-state index in [1.807, 2.05) is 29.8 Å². The van der Waals surface area contributed by atoms with Crippen LogP contribution in [-0.4, -0.2) is 15.8 Å². The first-order valence-electron chi connectivity index (χ1n) is 4.85. The van der Waals surface area contributed by atoms with Crippen LogP contribution >= 0.6 is 11.3 Å². The van der Waals surface area contributed by atoms with E-state index in [-0.39, 0.29) is 0 Å². The summed E-state index contributed by atoms with van der Waals surface area (Å²) in [5.74, 6) is 1.03. The molecule has 0 saturated carbocycles. The number of thiophene rings is 1. The minimum absolute atomic E-state index is 0.749. The molecule has 2 aromatic rings. The van der Waals surface area contributed by atoms with Gasteiger partial charge in [-0.05, 0) is 19.1 Å². The van der Waals surface area contributed by atoms with E-state index in [1.54, 1.807) is 0 Å². The summed E-state index contributed by atoms with van der Waals surface area (Å²) >= 11 is 1.48. The van der Waals surface area contributed by atoms with Gasteiger partial charge in [-0.15, -0.1) is 11.3 Å². The lowest BCUT2D eigenvalue weighted by Crippen LogP contribution is -1.95. The predicted octanol–water partition coefficient (Wildman–Crippen LogP) is 2.62. The molecule has 0 unspecified atom stereocenters. The van der Waals surface area contributed by atoms with E-state index in [1.165, 1.54) is 11.3 Å². The van der Waals surface area contributed by atoms with Gasteiger partial charge < -0.3 is 0 Å². The summed E-state index contributed by atoms with van der Waals surface area (Å²) in [4.78, 5) is 15.8. The zero-order chi connectivity index (χ0) is 10.8. The highest BCUT2D eigenvalue weighted by molar-refractivity contribution is 7.16. The highest BCUT2D eigenvalue weighted by atomic mass is 32.1. The van der Waals surface area contributed by atoms with E-state index in [0.717, 1.165) is 34.1 Å². The Hall–Kier alpha value is -1.42. The first-order valence-corrected chi connectivity index (χ1v) is 5.66. The molecule has 15 heavy (non-hydrogen) atoms. The quantitative estimate of drug-likeness (QED) is 0.745. The Labute approximate surface area is 92.4 Å². The lowest BCUT2D eigenvalue weighted by Gasteiger charge is -2.01. The van der Waals surface area contributed by atoms with Crippen molar-refractivity contribution in [1.82, 2.24) is 9.55 Å². The SMILES string of the molecule is CCc1nc(C)cn1-c1ccc(C=O)s1. The third-order valence-electron chi connectivity index (χ3n) is 2.18. The van der Waals surface area contributed by atoms with Gasteiger partial charge in [0, 0.05) is 12.6 Å². The molecule has 3 nitrogen and oxygen atoms in total. The van der Waals surface area contributed by atoms with Crippen LogP contribution in [0.1, 0.15) is 28.1 Å². The molecule has 0 saturated heterocycles. The maximum atomic E-state index is 10.6. The zero-order valence-corrected chi connectivity index (χ0v) is 9.54. The first-order chi connectivity index (χ1) is 7.24. The van der Waals surface area contributed by atoms with Crippen LogP contribution in [0.2, 0.25) is 0 Å². The molecule has 0 aliphatic rings. The average molecular weight is 220 g/mol. The van der Waals surface area contributed by atoms with Crippen molar-refractivity contribution < 1.29 is 4.79 Å². The van der Waals surface area contributed by atoms with Crippen molar-refractivity contribution in [2.45, 2.75) is 20.3 Å². The van der Waals surface area contributed by atoms with Crippen molar-refractivity contribution in [2.24, 2.45) is 0 Å². The summed E-state index contributed by atoms with van der Waals surface area (Å²) in [5, 5.41) is 1.05.